The number of rotatable bonds is 18. The standard InChI is InChI=1S/C28H36N2O4S6/c31-25-21-15-19-17-23-24(28(34)30(27(23)33)4-2-8-38-12-14-40-10-6-36)18-20(19)16-22(21)26(32)29(25)3-1-7-37-11-13-39-9-5-35/h15-18,25,31,35-36H,1-14H2. The summed E-state index contributed by atoms with van der Waals surface area (Å²) in [6.07, 6.45) is 0.558. The highest BCUT2D eigenvalue weighted by Crippen LogP contribution is 2.37. The first kappa shape index (κ1) is 32.3. The zero-order valence-corrected chi connectivity index (χ0v) is 27.4. The molecule has 0 bridgehead atoms. The fraction of sp³-hybridized carbons (Fsp3) is 0.536. The lowest BCUT2D eigenvalue weighted by Crippen LogP contribution is -2.31. The number of aliphatic hydroxyl groups is 1. The van der Waals surface area contributed by atoms with Crippen LogP contribution in [0.3, 0.4) is 0 Å². The van der Waals surface area contributed by atoms with Crippen LogP contribution in [0.25, 0.3) is 10.8 Å². The molecule has 2 aromatic rings. The van der Waals surface area contributed by atoms with Gasteiger partial charge in [0, 0.05) is 58.7 Å². The molecular weight excluding hydrogens is 621 g/mol. The molecule has 4 rings (SSSR count). The maximum atomic E-state index is 13.1. The second-order valence-corrected chi connectivity index (χ2v) is 15.2. The van der Waals surface area contributed by atoms with Gasteiger partial charge in [0.25, 0.3) is 17.7 Å². The minimum Gasteiger partial charge on any atom is -0.369 e. The molecule has 0 spiro atoms. The van der Waals surface area contributed by atoms with Crippen molar-refractivity contribution >= 4 is 101 Å². The molecule has 0 saturated heterocycles. The molecule has 1 N–H and O–H groups in total. The van der Waals surface area contributed by atoms with Crippen molar-refractivity contribution in [1.82, 2.24) is 9.80 Å². The summed E-state index contributed by atoms with van der Waals surface area (Å²) < 4.78 is 0. The normalized spacial score (nSPS) is 16.5. The summed E-state index contributed by atoms with van der Waals surface area (Å²) >= 11 is 15.9. The van der Waals surface area contributed by atoms with Crippen LogP contribution < -0.4 is 0 Å². The van der Waals surface area contributed by atoms with E-state index in [1.807, 2.05) is 47.0 Å². The molecule has 2 aliphatic rings. The lowest BCUT2D eigenvalue weighted by atomic mass is 9.97. The molecule has 3 amide bonds. The van der Waals surface area contributed by atoms with Crippen LogP contribution in [0.5, 0.6) is 0 Å². The van der Waals surface area contributed by atoms with E-state index >= 15 is 0 Å². The van der Waals surface area contributed by atoms with E-state index in [1.165, 1.54) is 9.80 Å². The first-order valence-electron chi connectivity index (χ1n) is 13.5. The van der Waals surface area contributed by atoms with Gasteiger partial charge in [0.2, 0.25) is 0 Å². The first-order chi connectivity index (χ1) is 19.5. The maximum Gasteiger partial charge on any atom is 0.261 e. The number of benzene rings is 2. The molecule has 0 saturated carbocycles. The van der Waals surface area contributed by atoms with Gasteiger partial charge in [0.15, 0.2) is 6.23 Å². The molecule has 0 fully saturated rings. The fourth-order valence-electron chi connectivity index (χ4n) is 4.80. The number of thioether (sulfide) groups is 4. The van der Waals surface area contributed by atoms with E-state index in [4.69, 9.17) is 0 Å². The monoisotopic (exact) mass is 656 g/mol. The van der Waals surface area contributed by atoms with Crippen molar-refractivity contribution in [3.05, 3.63) is 46.5 Å². The highest BCUT2D eigenvalue weighted by atomic mass is 32.2. The van der Waals surface area contributed by atoms with Crippen LogP contribution in [-0.4, -0.2) is 103 Å². The van der Waals surface area contributed by atoms with Gasteiger partial charge >= 0.3 is 0 Å². The third-order valence-electron chi connectivity index (χ3n) is 6.73. The predicted octanol–water partition coefficient (Wildman–Crippen LogP) is 5.46. The van der Waals surface area contributed by atoms with Gasteiger partial charge in [-0.3, -0.25) is 19.3 Å². The van der Waals surface area contributed by atoms with Gasteiger partial charge in [-0.1, -0.05) is 0 Å². The first-order valence-corrected chi connectivity index (χ1v) is 19.4. The molecule has 40 heavy (non-hydrogen) atoms. The maximum absolute atomic E-state index is 13.1. The molecular formula is C28H36N2O4S6. The Kier molecular flexibility index (Phi) is 13.1. The van der Waals surface area contributed by atoms with Crippen LogP contribution >= 0.6 is 72.3 Å². The number of amides is 3. The Morgan fingerprint density at radius 1 is 0.625 bits per heavy atom. The molecule has 1 unspecified atom stereocenters. The van der Waals surface area contributed by atoms with Gasteiger partial charge in [-0.05, 0) is 70.9 Å². The Morgan fingerprint density at radius 2 is 1.10 bits per heavy atom. The predicted molar refractivity (Wildman–Crippen MR) is 182 cm³/mol. The highest BCUT2D eigenvalue weighted by Gasteiger charge is 2.38. The van der Waals surface area contributed by atoms with Crippen molar-refractivity contribution in [1.29, 1.82) is 0 Å². The third-order valence-corrected chi connectivity index (χ3v) is 12.4. The highest BCUT2D eigenvalue weighted by molar-refractivity contribution is 8.03. The Labute approximate surface area is 264 Å². The summed E-state index contributed by atoms with van der Waals surface area (Å²) in [6.45, 7) is 0.881. The number of nitrogens with zero attached hydrogens (tertiary/aromatic N) is 2. The van der Waals surface area contributed by atoms with Crippen molar-refractivity contribution in [3.8, 4) is 0 Å². The molecule has 2 aromatic carbocycles. The summed E-state index contributed by atoms with van der Waals surface area (Å²) in [4.78, 5) is 42.2. The molecule has 1 atom stereocenters. The van der Waals surface area contributed by atoms with E-state index in [0.29, 0.717) is 35.3 Å². The molecule has 0 radical (unpaired) electrons. The Balaban J connectivity index is 1.34. The van der Waals surface area contributed by atoms with Crippen LogP contribution in [0, 0.1) is 0 Å². The van der Waals surface area contributed by atoms with Gasteiger partial charge in [0.05, 0.1) is 11.1 Å². The quantitative estimate of drug-likeness (QED) is 0.111. The van der Waals surface area contributed by atoms with Crippen molar-refractivity contribution in [2.45, 2.75) is 19.1 Å². The molecule has 6 nitrogen and oxygen atoms in total. The largest absolute Gasteiger partial charge is 0.369 e. The molecule has 2 heterocycles. The number of thiol groups is 2. The van der Waals surface area contributed by atoms with Gasteiger partial charge in [-0.2, -0.15) is 72.3 Å². The summed E-state index contributed by atoms with van der Waals surface area (Å²) in [7, 11) is 0. The zero-order chi connectivity index (χ0) is 28.5. The average Bonchev–Trinajstić information content (AvgIpc) is 3.32. The number of fused-ring (bicyclic) bond motifs is 3. The number of imide groups is 1. The smallest absolute Gasteiger partial charge is 0.261 e. The van der Waals surface area contributed by atoms with E-state index in [1.54, 1.807) is 24.3 Å². The van der Waals surface area contributed by atoms with Gasteiger partial charge in [-0.15, -0.1) is 0 Å². The van der Waals surface area contributed by atoms with Crippen LogP contribution in [0.4, 0.5) is 0 Å². The molecule has 12 heteroatoms. The van der Waals surface area contributed by atoms with Gasteiger partial charge in [0.1, 0.15) is 0 Å². The van der Waals surface area contributed by atoms with Crippen molar-refractivity contribution in [3.63, 3.8) is 0 Å². The van der Waals surface area contributed by atoms with Crippen LogP contribution in [0.15, 0.2) is 24.3 Å². The fourth-order valence-corrected chi connectivity index (χ4v) is 9.20. The molecule has 0 aromatic heterocycles. The Bertz CT molecular complexity index is 1210. The zero-order valence-electron chi connectivity index (χ0n) is 22.4. The number of aliphatic hydroxyl groups excluding tert-OH is 1. The number of hydrogen-bond acceptors (Lipinski definition) is 10. The number of hydrogen-bond donors (Lipinski definition) is 3. The summed E-state index contributed by atoms with van der Waals surface area (Å²) in [5.74, 6) is 9.28. The van der Waals surface area contributed by atoms with Crippen LogP contribution in [0.1, 0.15) is 55.7 Å². The second-order valence-electron chi connectivity index (χ2n) is 9.42. The van der Waals surface area contributed by atoms with E-state index in [9.17, 15) is 19.5 Å². The van der Waals surface area contributed by atoms with E-state index < -0.39 is 6.23 Å². The van der Waals surface area contributed by atoms with Crippen LogP contribution in [-0.2, 0) is 0 Å². The second kappa shape index (κ2) is 16.3. The lowest BCUT2D eigenvalue weighted by molar-refractivity contribution is 0.0179. The van der Waals surface area contributed by atoms with E-state index in [-0.39, 0.29) is 17.7 Å². The Morgan fingerprint density at radius 3 is 1.65 bits per heavy atom. The van der Waals surface area contributed by atoms with Crippen molar-refractivity contribution in [2.24, 2.45) is 0 Å². The summed E-state index contributed by atoms with van der Waals surface area (Å²) in [5, 5.41) is 12.4. The SMILES string of the molecule is O=C1c2cc3cc4c(cc3cc2C(=O)N1CCCSCCSCCS)C(O)N(CCCSCCSCCS)C4=O. The lowest BCUT2D eigenvalue weighted by Gasteiger charge is -2.20. The molecule has 218 valence electrons. The third kappa shape index (κ3) is 7.85. The van der Waals surface area contributed by atoms with E-state index in [0.717, 1.165) is 81.1 Å². The Hall–Kier alpha value is -0.630. The van der Waals surface area contributed by atoms with Crippen molar-refractivity contribution in [2.75, 3.05) is 70.6 Å². The minimum absolute atomic E-state index is 0.190. The van der Waals surface area contributed by atoms with Crippen molar-refractivity contribution < 1.29 is 19.5 Å². The van der Waals surface area contributed by atoms with Gasteiger partial charge in [-0.25, -0.2) is 0 Å². The topological polar surface area (TPSA) is 77.9 Å². The molecule has 2 aliphatic heterocycles. The van der Waals surface area contributed by atoms with E-state index in [2.05, 4.69) is 25.3 Å². The number of carbonyl (C=O) groups is 3. The number of carbonyl (C=O) groups excluding carboxylic acids is 3. The minimum atomic E-state index is -1.00. The summed E-state index contributed by atoms with van der Waals surface area (Å²) in [5.41, 5.74) is 1.81. The van der Waals surface area contributed by atoms with Gasteiger partial charge < -0.3 is 10.0 Å². The summed E-state index contributed by atoms with van der Waals surface area (Å²) in [6, 6.07) is 7.01. The van der Waals surface area contributed by atoms with Crippen LogP contribution in [0.2, 0.25) is 0 Å². The average molecular weight is 657 g/mol. The molecule has 0 aliphatic carbocycles.